The van der Waals surface area contributed by atoms with Crippen molar-refractivity contribution >= 4 is 17.2 Å². The van der Waals surface area contributed by atoms with Crippen LogP contribution in [-0.4, -0.2) is 56.7 Å². The zero-order chi connectivity index (χ0) is 21.1. The second-order valence-corrected chi connectivity index (χ2v) is 9.68. The van der Waals surface area contributed by atoms with Crippen LogP contribution >= 0.6 is 11.3 Å². The highest BCUT2D eigenvalue weighted by molar-refractivity contribution is 7.09. The quantitative estimate of drug-likeness (QED) is 0.658. The van der Waals surface area contributed by atoms with Crippen molar-refractivity contribution in [2.75, 3.05) is 20.1 Å². The number of hydrogen-bond acceptors (Lipinski definition) is 5. The van der Waals surface area contributed by atoms with Gasteiger partial charge in [0.2, 0.25) is 0 Å². The summed E-state index contributed by atoms with van der Waals surface area (Å²) in [6.45, 7) is 9.15. The van der Waals surface area contributed by atoms with E-state index in [0.29, 0.717) is 18.3 Å². The highest BCUT2D eigenvalue weighted by Gasteiger charge is 2.32. The molecule has 2 aromatic rings. The van der Waals surface area contributed by atoms with E-state index in [9.17, 15) is 4.79 Å². The number of fused-ring (bicyclic) bond motifs is 1. The molecule has 0 aromatic carbocycles. The molecule has 1 amide bonds. The van der Waals surface area contributed by atoms with Crippen molar-refractivity contribution in [1.29, 1.82) is 0 Å². The Bertz CT molecular complexity index is 894. The number of hydrogen-bond donors (Lipinski definition) is 0. The first-order chi connectivity index (χ1) is 14.6. The lowest BCUT2D eigenvalue weighted by molar-refractivity contribution is 0.0753. The first-order valence-corrected chi connectivity index (χ1v) is 12.0. The first-order valence-electron chi connectivity index (χ1n) is 11.2. The van der Waals surface area contributed by atoms with Gasteiger partial charge < -0.3 is 4.90 Å². The highest BCUT2D eigenvalue weighted by atomic mass is 32.1. The molecule has 2 aromatic heterocycles. The van der Waals surface area contributed by atoms with Gasteiger partial charge in [0, 0.05) is 42.3 Å². The summed E-state index contributed by atoms with van der Waals surface area (Å²) in [5.74, 6) is 0.120. The fraction of sp³-hybridized carbons (Fsp3) is 0.609. The molecule has 0 bridgehead atoms. The van der Waals surface area contributed by atoms with Crippen LogP contribution in [0.3, 0.4) is 0 Å². The molecular weight excluding hydrogens is 394 g/mol. The number of carbonyl (C=O) groups is 1. The van der Waals surface area contributed by atoms with Crippen LogP contribution in [0, 0.1) is 6.92 Å². The summed E-state index contributed by atoms with van der Waals surface area (Å²) in [6, 6.07) is 0.400. The molecule has 0 unspecified atom stereocenters. The smallest absolute Gasteiger partial charge is 0.274 e. The summed E-state index contributed by atoms with van der Waals surface area (Å²) in [5, 5.41) is 8.05. The Balaban J connectivity index is 1.56. The monoisotopic (exact) mass is 427 g/mol. The Hall–Kier alpha value is -1.99. The Kier molecular flexibility index (Phi) is 6.68. The summed E-state index contributed by atoms with van der Waals surface area (Å²) in [6.07, 6.45) is 9.41. The second kappa shape index (κ2) is 9.43. The Morgan fingerprint density at radius 1 is 1.33 bits per heavy atom. The van der Waals surface area contributed by atoms with Crippen molar-refractivity contribution in [2.45, 2.75) is 71.0 Å². The third-order valence-corrected chi connectivity index (χ3v) is 7.24. The van der Waals surface area contributed by atoms with Gasteiger partial charge in [0.05, 0.1) is 17.2 Å². The van der Waals surface area contributed by atoms with Gasteiger partial charge in [-0.25, -0.2) is 4.98 Å². The fourth-order valence-corrected chi connectivity index (χ4v) is 5.38. The Labute approximate surface area is 183 Å². The van der Waals surface area contributed by atoms with Crippen molar-refractivity contribution in [3.05, 3.63) is 45.7 Å². The molecule has 0 spiro atoms. The molecule has 0 saturated carbocycles. The molecule has 0 radical (unpaired) electrons. The van der Waals surface area contributed by atoms with E-state index in [4.69, 9.17) is 5.10 Å². The number of amides is 1. The second-order valence-electron chi connectivity index (χ2n) is 8.62. The predicted octanol–water partition coefficient (Wildman–Crippen LogP) is 3.84. The molecule has 162 valence electrons. The minimum atomic E-state index is 0.120. The van der Waals surface area contributed by atoms with Gasteiger partial charge in [-0.05, 0) is 46.1 Å². The molecule has 0 N–H and O–H groups in total. The zero-order valence-corrected chi connectivity index (χ0v) is 19.1. The third kappa shape index (κ3) is 4.52. The average Bonchev–Trinajstić information content (AvgIpc) is 3.19. The minimum Gasteiger partial charge on any atom is -0.337 e. The van der Waals surface area contributed by atoms with Crippen LogP contribution in [-0.2, 0) is 25.9 Å². The van der Waals surface area contributed by atoms with Crippen molar-refractivity contribution in [2.24, 2.45) is 0 Å². The molecule has 1 atom stereocenters. The number of aryl methyl sites for hydroxylation is 1. The largest absolute Gasteiger partial charge is 0.337 e. The van der Waals surface area contributed by atoms with E-state index < -0.39 is 0 Å². The molecule has 2 aliphatic rings. The molecule has 6 nitrogen and oxygen atoms in total. The van der Waals surface area contributed by atoms with Crippen molar-refractivity contribution in [3.8, 4) is 0 Å². The molecule has 3 heterocycles. The minimum absolute atomic E-state index is 0.120. The number of carbonyl (C=O) groups excluding carboxylic acids is 1. The molecule has 1 aliphatic carbocycles. The van der Waals surface area contributed by atoms with E-state index in [-0.39, 0.29) is 5.91 Å². The van der Waals surface area contributed by atoms with Crippen molar-refractivity contribution < 1.29 is 4.79 Å². The van der Waals surface area contributed by atoms with E-state index in [1.165, 1.54) is 18.5 Å². The van der Waals surface area contributed by atoms with E-state index in [1.807, 2.05) is 15.7 Å². The topological polar surface area (TPSA) is 54.3 Å². The Morgan fingerprint density at radius 2 is 2.10 bits per heavy atom. The third-order valence-electron chi connectivity index (χ3n) is 6.42. The van der Waals surface area contributed by atoms with Crippen LogP contribution in [0.25, 0.3) is 0 Å². The summed E-state index contributed by atoms with van der Waals surface area (Å²) in [5.41, 5.74) is 4.19. The summed E-state index contributed by atoms with van der Waals surface area (Å²) in [4.78, 5) is 22.5. The van der Waals surface area contributed by atoms with Gasteiger partial charge in [-0.3, -0.25) is 14.4 Å². The molecule has 1 fully saturated rings. The van der Waals surface area contributed by atoms with Crippen LogP contribution < -0.4 is 0 Å². The van der Waals surface area contributed by atoms with Crippen LogP contribution in [0.15, 0.2) is 18.0 Å². The van der Waals surface area contributed by atoms with Gasteiger partial charge in [-0.2, -0.15) is 5.10 Å². The first kappa shape index (κ1) is 21.2. The number of rotatable bonds is 6. The molecular formula is C23H33N5OS. The lowest BCUT2D eigenvalue weighted by Gasteiger charge is -2.31. The standard InChI is InChI=1S/C23H33N5OS/c1-4-11-28-21-10-9-19(26(3)15-18-16-30-17(2)24-18)14-20(21)22(25-28)23(29)27-12-7-5-6-8-13-27/h4,16,19H,1,5-15H2,2-3H3/t19-/m0/s1. The van der Waals surface area contributed by atoms with Crippen LogP contribution in [0.2, 0.25) is 0 Å². The molecule has 1 aliphatic heterocycles. The van der Waals surface area contributed by atoms with Gasteiger partial charge in [-0.15, -0.1) is 17.9 Å². The summed E-state index contributed by atoms with van der Waals surface area (Å²) < 4.78 is 2.01. The number of thiazole rings is 1. The van der Waals surface area contributed by atoms with Gasteiger partial charge in [0.15, 0.2) is 5.69 Å². The predicted molar refractivity (Wildman–Crippen MR) is 121 cm³/mol. The number of likely N-dealkylation sites (N-methyl/N-ethyl adjacent to an activating group) is 1. The highest BCUT2D eigenvalue weighted by Crippen LogP contribution is 2.29. The zero-order valence-electron chi connectivity index (χ0n) is 18.3. The van der Waals surface area contributed by atoms with Gasteiger partial charge in [0.25, 0.3) is 5.91 Å². The fourth-order valence-electron chi connectivity index (χ4n) is 4.78. The SMILES string of the molecule is C=CCn1nc(C(=O)N2CCCCCC2)c2c1CC[C@H](N(C)Cc1csc(C)n1)C2. The maximum absolute atomic E-state index is 13.4. The lowest BCUT2D eigenvalue weighted by Crippen LogP contribution is -2.37. The van der Waals surface area contributed by atoms with E-state index in [0.717, 1.165) is 68.0 Å². The lowest BCUT2D eigenvalue weighted by atomic mass is 9.90. The molecule has 1 saturated heterocycles. The van der Waals surface area contributed by atoms with E-state index in [2.05, 4.69) is 35.8 Å². The average molecular weight is 428 g/mol. The molecule has 4 rings (SSSR count). The maximum Gasteiger partial charge on any atom is 0.274 e. The van der Waals surface area contributed by atoms with E-state index >= 15 is 0 Å². The van der Waals surface area contributed by atoms with Crippen LogP contribution in [0.1, 0.15) is 64.6 Å². The molecule has 30 heavy (non-hydrogen) atoms. The Morgan fingerprint density at radius 3 is 2.77 bits per heavy atom. The number of allylic oxidation sites excluding steroid dienone is 1. The molecule has 7 heteroatoms. The van der Waals surface area contributed by atoms with Crippen molar-refractivity contribution in [1.82, 2.24) is 24.6 Å². The number of aromatic nitrogens is 3. The van der Waals surface area contributed by atoms with E-state index in [1.54, 1.807) is 11.3 Å². The van der Waals surface area contributed by atoms with Gasteiger partial charge >= 0.3 is 0 Å². The number of nitrogens with zero attached hydrogens (tertiary/aromatic N) is 5. The van der Waals surface area contributed by atoms with Gasteiger partial charge in [0.1, 0.15) is 0 Å². The van der Waals surface area contributed by atoms with Crippen molar-refractivity contribution in [3.63, 3.8) is 0 Å². The van der Waals surface area contributed by atoms with Gasteiger partial charge in [-0.1, -0.05) is 18.9 Å². The number of likely N-dealkylation sites (tertiary alicyclic amines) is 1. The summed E-state index contributed by atoms with van der Waals surface area (Å²) >= 11 is 1.70. The summed E-state index contributed by atoms with van der Waals surface area (Å²) in [7, 11) is 2.18. The maximum atomic E-state index is 13.4. The van der Waals surface area contributed by atoms with Crippen LogP contribution in [0.5, 0.6) is 0 Å². The van der Waals surface area contributed by atoms with Crippen LogP contribution in [0.4, 0.5) is 0 Å². The normalized spacial score (nSPS) is 19.6.